The first-order valence-electron chi connectivity index (χ1n) is 7.82. The number of hydrogen-bond donors (Lipinski definition) is 2. The van der Waals surface area contributed by atoms with Crippen molar-refractivity contribution in [3.05, 3.63) is 75.8 Å². The number of hydrogen-bond acceptors (Lipinski definition) is 5. The summed E-state index contributed by atoms with van der Waals surface area (Å²) in [7, 11) is 0. The summed E-state index contributed by atoms with van der Waals surface area (Å²) in [5.74, 6) is -1.95. The zero-order valence-electron chi connectivity index (χ0n) is 13.3. The van der Waals surface area contributed by atoms with Gasteiger partial charge in [-0.05, 0) is 18.6 Å². The van der Waals surface area contributed by atoms with E-state index in [-0.39, 0.29) is 11.3 Å². The smallest absolute Gasteiger partial charge is 0.250 e. The van der Waals surface area contributed by atoms with Crippen molar-refractivity contribution in [3.8, 4) is 0 Å². The lowest BCUT2D eigenvalue weighted by Crippen LogP contribution is -2.48. The van der Waals surface area contributed by atoms with E-state index >= 15 is 0 Å². The molecule has 1 saturated heterocycles. The third-order valence-corrected chi connectivity index (χ3v) is 4.48. The predicted octanol–water partition coefficient (Wildman–Crippen LogP) is 2.87. The molecular formula is C18H20N2O4. The highest BCUT2D eigenvalue weighted by atomic mass is 16.7. The molecule has 3 N–H and O–H groups in total. The number of aliphatic hydroxyl groups is 1. The van der Waals surface area contributed by atoms with Crippen LogP contribution in [0.3, 0.4) is 0 Å². The van der Waals surface area contributed by atoms with Crippen molar-refractivity contribution in [2.45, 2.75) is 37.2 Å². The van der Waals surface area contributed by atoms with Crippen molar-refractivity contribution in [1.82, 2.24) is 0 Å². The van der Waals surface area contributed by atoms with E-state index < -0.39 is 23.9 Å². The lowest BCUT2D eigenvalue weighted by atomic mass is 9.79. The Morgan fingerprint density at radius 3 is 2.46 bits per heavy atom. The molecule has 0 saturated carbocycles. The first-order chi connectivity index (χ1) is 11.4. The molecule has 126 valence electrons. The van der Waals surface area contributed by atoms with Crippen LogP contribution in [-0.4, -0.2) is 21.9 Å². The molecule has 1 heterocycles. The highest BCUT2D eigenvalue weighted by molar-refractivity contribution is 5.48. The Bertz CT molecular complexity index is 733. The van der Waals surface area contributed by atoms with E-state index in [1.807, 2.05) is 30.3 Å². The average molecular weight is 328 g/mol. The molecule has 6 heteroatoms. The number of nitrogen functional groups attached to an aromatic ring is 1. The molecule has 6 nitrogen and oxygen atoms in total. The van der Waals surface area contributed by atoms with Crippen molar-refractivity contribution in [1.29, 1.82) is 0 Å². The van der Waals surface area contributed by atoms with E-state index in [0.717, 1.165) is 5.56 Å². The molecule has 0 radical (unpaired) electrons. The first-order valence-corrected chi connectivity index (χ1v) is 7.82. The second kappa shape index (κ2) is 6.22. The van der Waals surface area contributed by atoms with E-state index in [9.17, 15) is 15.2 Å². The fraction of sp³-hybridized carbons (Fsp3) is 0.333. The third-order valence-electron chi connectivity index (χ3n) is 4.48. The maximum absolute atomic E-state index is 11.8. The Morgan fingerprint density at radius 2 is 1.83 bits per heavy atom. The molecule has 4 atom stereocenters. The van der Waals surface area contributed by atoms with Crippen LogP contribution in [0.4, 0.5) is 5.69 Å². The molecule has 0 amide bonds. The molecule has 0 unspecified atom stereocenters. The summed E-state index contributed by atoms with van der Waals surface area (Å²) >= 11 is 0. The van der Waals surface area contributed by atoms with E-state index in [1.54, 1.807) is 24.3 Å². The minimum atomic E-state index is -1.47. The standard InChI is InChI=1S/C18H20N2O4/c1-18(21)11-14(12-7-3-2-4-8-12)16(20(22)23)17(24-18)13-9-5-6-10-15(13)19/h2-10,14,16-17,21H,11,19H2,1H3/t14-,16-,17+,18+/m0/s1. The van der Waals surface area contributed by atoms with Gasteiger partial charge in [-0.1, -0.05) is 48.5 Å². The normalized spacial score (nSPS) is 30.0. The predicted molar refractivity (Wildman–Crippen MR) is 89.9 cm³/mol. The van der Waals surface area contributed by atoms with Gasteiger partial charge in [0.2, 0.25) is 6.04 Å². The van der Waals surface area contributed by atoms with Gasteiger partial charge in [-0.3, -0.25) is 10.1 Å². The Hall–Kier alpha value is -2.44. The van der Waals surface area contributed by atoms with Crippen LogP contribution >= 0.6 is 0 Å². The van der Waals surface area contributed by atoms with Crippen LogP contribution in [0.5, 0.6) is 0 Å². The van der Waals surface area contributed by atoms with E-state index in [4.69, 9.17) is 10.5 Å². The fourth-order valence-electron chi connectivity index (χ4n) is 3.42. The van der Waals surface area contributed by atoms with Gasteiger partial charge < -0.3 is 15.6 Å². The highest BCUT2D eigenvalue weighted by Crippen LogP contribution is 2.46. The first kappa shape index (κ1) is 16.4. The molecular weight excluding hydrogens is 308 g/mol. The number of nitrogens with two attached hydrogens (primary N) is 1. The zero-order valence-corrected chi connectivity index (χ0v) is 13.3. The number of ether oxygens (including phenoxy) is 1. The fourth-order valence-corrected chi connectivity index (χ4v) is 3.42. The van der Waals surface area contributed by atoms with Crippen molar-refractivity contribution in [3.63, 3.8) is 0 Å². The molecule has 0 spiro atoms. The summed E-state index contributed by atoms with van der Waals surface area (Å²) in [6, 6.07) is 15.1. The van der Waals surface area contributed by atoms with Crippen LogP contribution in [0.2, 0.25) is 0 Å². The molecule has 24 heavy (non-hydrogen) atoms. The molecule has 2 aromatic rings. The number of nitro groups is 1. The zero-order chi connectivity index (χ0) is 17.3. The largest absolute Gasteiger partial charge is 0.398 e. The maximum Gasteiger partial charge on any atom is 0.250 e. The topological polar surface area (TPSA) is 98.6 Å². The van der Waals surface area contributed by atoms with Crippen LogP contribution in [0.15, 0.2) is 54.6 Å². The summed E-state index contributed by atoms with van der Waals surface area (Å²) in [5, 5.41) is 22.4. The van der Waals surface area contributed by atoms with Crippen molar-refractivity contribution in [2.24, 2.45) is 0 Å². The van der Waals surface area contributed by atoms with Gasteiger partial charge in [0.25, 0.3) is 0 Å². The van der Waals surface area contributed by atoms with Gasteiger partial charge in [0, 0.05) is 22.6 Å². The molecule has 1 aliphatic rings. The van der Waals surface area contributed by atoms with Crippen LogP contribution in [0, 0.1) is 10.1 Å². The number of rotatable bonds is 3. The maximum atomic E-state index is 11.8. The van der Waals surface area contributed by atoms with Gasteiger partial charge in [-0.15, -0.1) is 0 Å². The molecule has 2 aromatic carbocycles. The summed E-state index contributed by atoms with van der Waals surface area (Å²) in [4.78, 5) is 11.5. The Labute approximate surface area is 140 Å². The molecule has 1 aliphatic heterocycles. The van der Waals surface area contributed by atoms with Crippen molar-refractivity contribution >= 4 is 5.69 Å². The van der Waals surface area contributed by atoms with E-state index in [0.29, 0.717) is 11.3 Å². The number of benzene rings is 2. The molecule has 0 aromatic heterocycles. The average Bonchev–Trinajstić information content (AvgIpc) is 2.54. The van der Waals surface area contributed by atoms with Crippen molar-refractivity contribution < 1.29 is 14.8 Å². The minimum Gasteiger partial charge on any atom is -0.398 e. The lowest BCUT2D eigenvalue weighted by molar-refractivity contribution is -0.555. The SMILES string of the molecule is C[C@]1(O)C[C@@H](c2ccccc2)[C@H]([N+](=O)[O-])[C@@H](c2ccccc2N)O1. The summed E-state index contributed by atoms with van der Waals surface area (Å²) in [6.45, 7) is 1.53. The monoisotopic (exact) mass is 328 g/mol. The summed E-state index contributed by atoms with van der Waals surface area (Å²) < 4.78 is 5.70. The Balaban J connectivity index is 2.10. The second-order valence-corrected chi connectivity index (χ2v) is 6.34. The molecule has 0 bridgehead atoms. The summed E-state index contributed by atoms with van der Waals surface area (Å²) in [6.07, 6.45) is -0.776. The quantitative estimate of drug-likeness (QED) is 0.513. The van der Waals surface area contributed by atoms with Gasteiger partial charge in [-0.25, -0.2) is 0 Å². The van der Waals surface area contributed by atoms with Gasteiger partial charge in [-0.2, -0.15) is 0 Å². The number of anilines is 1. The Kier molecular flexibility index (Phi) is 4.26. The Morgan fingerprint density at radius 1 is 1.21 bits per heavy atom. The van der Waals surface area contributed by atoms with Gasteiger partial charge >= 0.3 is 0 Å². The second-order valence-electron chi connectivity index (χ2n) is 6.34. The van der Waals surface area contributed by atoms with E-state index in [2.05, 4.69) is 0 Å². The van der Waals surface area contributed by atoms with Gasteiger partial charge in [0.15, 0.2) is 11.9 Å². The van der Waals surface area contributed by atoms with Crippen LogP contribution in [0.25, 0.3) is 0 Å². The van der Waals surface area contributed by atoms with Crippen molar-refractivity contribution in [2.75, 3.05) is 5.73 Å². The number of para-hydroxylation sites is 1. The van der Waals surface area contributed by atoms with Crippen LogP contribution in [0.1, 0.15) is 36.5 Å². The van der Waals surface area contributed by atoms with Gasteiger partial charge in [0.05, 0.1) is 5.92 Å². The van der Waals surface area contributed by atoms with Gasteiger partial charge in [0.1, 0.15) is 0 Å². The molecule has 1 fully saturated rings. The highest BCUT2D eigenvalue weighted by Gasteiger charge is 2.51. The molecule has 3 rings (SSSR count). The van der Waals surface area contributed by atoms with E-state index in [1.165, 1.54) is 6.92 Å². The van der Waals surface area contributed by atoms with Crippen LogP contribution < -0.4 is 5.73 Å². The lowest BCUT2D eigenvalue weighted by Gasteiger charge is -2.41. The number of nitrogens with zero attached hydrogens (tertiary/aromatic N) is 1. The third kappa shape index (κ3) is 3.11. The minimum absolute atomic E-state index is 0.145. The molecule has 0 aliphatic carbocycles. The summed E-state index contributed by atoms with van der Waals surface area (Å²) in [5.41, 5.74) is 7.75. The van der Waals surface area contributed by atoms with Crippen LogP contribution in [-0.2, 0) is 4.74 Å².